The molecule has 0 spiro atoms. The maximum atomic E-state index is 12.6. The predicted octanol–water partition coefficient (Wildman–Crippen LogP) is 13.4. The lowest BCUT2D eigenvalue weighted by Crippen LogP contribution is -2.29. The molecule has 0 aliphatic rings. The summed E-state index contributed by atoms with van der Waals surface area (Å²) in [6, 6.07) is 0. The molecule has 0 fully saturated rings. The van der Waals surface area contributed by atoms with Crippen LogP contribution in [0.5, 0.6) is 0 Å². The van der Waals surface area contributed by atoms with Crippen molar-refractivity contribution in [3.05, 3.63) is 12.2 Å². The Morgan fingerprint density at radius 1 is 0.527 bits per heavy atom. The third kappa shape index (κ3) is 42.2. The van der Waals surface area contributed by atoms with Crippen LogP contribution in [0, 0.1) is 0 Å². The molecule has 0 aliphatic heterocycles. The Balaban J connectivity index is 4.04. The van der Waals surface area contributed by atoms with E-state index in [4.69, 9.17) is 24.3 Å². The topological polar surface area (TPSA) is 134 Å². The van der Waals surface area contributed by atoms with Crippen LogP contribution < -0.4 is 5.73 Å². The van der Waals surface area contributed by atoms with Crippen molar-refractivity contribution in [1.82, 2.24) is 0 Å². The van der Waals surface area contributed by atoms with Crippen LogP contribution in [0.3, 0.4) is 0 Å². The first-order valence-corrected chi connectivity index (χ1v) is 24.7. The molecule has 0 aliphatic carbocycles. The monoisotopic (exact) mass is 802 g/mol. The number of carbonyl (C=O) groups excluding carboxylic acids is 2. The fourth-order valence-corrected chi connectivity index (χ4v) is 7.46. The number of carbonyl (C=O) groups is 2. The van der Waals surface area contributed by atoms with Gasteiger partial charge in [0.2, 0.25) is 0 Å². The van der Waals surface area contributed by atoms with Crippen molar-refractivity contribution in [2.24, 2.45) is 5.73 Å². The number of hydrogen-bond donors (Lipinski definition) is 2. The number of phosphoric ester groups is 1. The van der Waals surface area contributed by atoms with E-state index in [1.165, 1.54) is 167 Å². The molecule has 326 valence electrons. The molecule has 2 atom stereocenters. The average molecular weight is 802 g/mol. The summed E-state index contributed by atoms with van der Waals surface area (Å²) >= 11 is 0. The highest BCUT2D eigenvalue weighted by molar-refractivity contribution is 7.47. The molecule has 0 bridgehead atoms. The summed E-state index contributed by atoms with van der Waals surface area (Å²) in [5.41, 5.74) is 5.35. The highest BCUT2D eigenvalue weighted by atomic mass is 31.2. The van der Waals surface area contributed by atoms with E-state index in [0.717, 1.165) is 32.1 Å². The van der Waals surface area contributed by atoms with E-state index in [0.29, 0.717) is 6.42 Å². The number of esters is 2. The van der Waals surface area contributed by atoms with E-state index in [9.17, 15) is 19.0 Å². The third-order valence-corrected chi connectivity index (χ3v) is 11.1. The molecule has 0 saturated carbocycles. The molecule has 0 radical (unpaired) electrons. The molecular weight excluding hydrogens is 713 g/mol. The van der Waals surface area contributed by atoms with E-state index in [1.54, 1.807) is 0 Å². The SMILES string of the molecule is CCCCCCCCCCCCCCCCCCCC/C=C/CCCC(=O)O[C@H](COC(=O)CCCCCCCCCCCCC)COP(=O)(O)OCCN. The highest BCUT2D eigenvalue weighted by Gasteiger charge is 2.26. The van der Waals surface area contributed by atoms with Crippen molar-refractivity contribution in [2.75, 3.05) is 26.4 Å². The zero-order valence-electron chi connectivity index (χ0n) is 35.9. The summed E-state index contributed by atoms with van der Waals surface area (Å²) in [7, 11) is -4.38. The number of hydrogen-bond acceptors (Lipinski definition) is 8. The second-order valence-corrected chi connectivity index (χ2v) is 17.1. The van der Waals surface area contributed by atoms with Crippen molar-refractivity contribution in [3.63, 3.8) is 0 Å². The molecule has 3 N–H and O–H groups in total. The highest BCUT2D eigenvalue weighted by Crippen LogP contribution is 2.43. The smallest absolute Gasteiger partial charge is 0.462 e. The van der Waals surface area contributed by atoms with Crippen LogP contribution in [0.2, 0.25) is 0 Å². The first-order valence-electron chi connectivity index (χ1n) is 23.2. The van der Waals surface area contributed by atoms with Crippen molar-refractivity contribution < 1.29 is 37.6 Å². The fraction of sp³-hybridized carbons (Fsp3) is 0.911. The third-order valence-electron chi connectivity index (χ3n) is 10.2. The van der Waals surface area contributed by atoms with Crippen molar-refractivity contribution >= 4 is 19.8 Å². The zero-order chi connectivity index (χ0) is 40.3. The van der Waals surface area contributed by atoms with E-state index in [-0.39, 0.29) is 38.6 Å². The molecule has 0 rings (SSSR count). The molecule has 10 heteroatoms. The lowest BCUT2D eigenvalue weighted by molar-refractivity contribution is -0.161. The lowest BCUT2D eigenvalue weighted by Gasteiger charge is -2.19. The Kier molecular flexibility index (Phi) is 41.4. The van der Waals surface area contributed by atoms with Gasteiger partial charge in [-0.3, -0.25) is 18.6 Å². The summed E-state index contributed by atoms with van der Waals surface area (Å²) in [5.74, 6) is -0.856. The van der Waals surface area contributed by atoms with Crippen LogP contribution in [0.4, 0.5) is 0 Å². The fourth-order valence-electron chi connectivity index (χ4n) is 6.70. The molecule has 0 heterocycles. The molecule has 55 heavy (non-hydrogen) atoms. The van der Waals surface area contributed by atoms with Crippen LogP contribution in [0.15, 0.2) is 12.2 Å². The van der Waals surface area contributed by atoms with Crippen molar-refractivity contribution in [1.29, 1.82) is 0 Å². The Morgan fingerprint density at radius 2 is 0.909 bits per heavy atom. The van der Waals surface area contributed by atoms with Gasteiger partial charge in [-0.25, -0.2) is 4.57 Å². The molecule has 0 aromatic rings. The summed E-state index contributed by atoms with van der Waals surface area (Å²) in [6.07, 6.45) is 44.1. The maximum absolute atomic E-state index is 12.6. The Morgan fingerprint density at radius 3 is 1.35 bits per heavy atom. The molecule has 0 aromatic heterocycles. The molecule has 9 nitrogen and oxygen atoms in total. The normalized spacial score (nSPS) is 13.3. The van der Waals surface area contributed by atoms with Gasteiger partial charge < -0.3 is 20.1 Å². The lowest BCUT2D eigenvalue weighted by atomic mass is 10.0. The van der Waals surface area contributed by atoms with E-state index in [1.807, 2.05) is 0 Å². The van der Waals surface area contributed by atoms with Crippen LogP contribution in [-0.4, -0.2) is 49.3 Å². The van der Waals surface area contributed by atoms with Gasteiger partial charge in [-0.05, 0) is 32.1 Å². The Bertz CT molecular complexity index is 917. The molecule has 0 saturated heterocycles. The van der Waals surface area contributed by atoms with Gasteiger partial charge in [0, 0.05) is 19.4 Å². The second-order valence-electron chi connectivity index (χ2n) is 15.6. The Labute approximate surface area is 339 Å². The second kappa shape index (κ2) is 42.4. The Hall–Kier alpha value is -1.25. The van der Waals surface area contributed by atoms with Gasteiger partial charge in [0.1, 0.15) is 6.61 Å². The average Bonchev–Trinajstić information content (AvgIpc) is 3.17. The van der Waals surface area contributed by atoms with Gasteiger partial charge >= 0.3 is 19.8 Å². The van der Waals surface area contributed by atoms with Gasteiger partial charge in [0.05, 0.1) is 13.2 Å². The van der Waals surface area contributed by atoms with Gasteiger partial charge in [-0.2, -0.15) is 0 Å². The van der Waals surface area contributed by atoms with Crippen LogP contribution >= 0.6 is 7.82 Å². The molecule has 0 aromatic carbocycles. The largest absolute Gasteiger partial charge is 0.472 e. The number of rotatable bonds is 44. The molecule has 1 unspecified atom stereocenters. The van der Waals surface area contributed by atoms with Crippen molar-refractivity contribution in [3.8, 4) is 0 Å². The van der Waals surface area contributed by atoms with Gasteiger partial charge in [-0.1, -0.05) is 199 Å². The first-order chi connectivity index (χ1) is 26.8. The summed E-state index contributed by atoms with van der Waals surface area (Å²) < 4.78 is 32.7. The minimum atomic E-state index is -4.38. The molecular formula is C45H88NO8P. The van der Waals surface area contributed by atoms with Gasteiger partial charge in [-0.15, -0.1) is 0 Å². The number of allylic oxidation sites excluding steroid dienone is 2. The summed E-state index contributed by atoms with van der Waals surface area (Å²) in [5, 5.41) is 0. The van der Waals surface area contributed by atoms with E-state index in [2.05, 4.69) is 26.0 Å². The van der Waals surface area contributed by atoms with Gasteiger partial charge in [0.25, 0.3) is 0 Å². The predicted molar refractivity (Wildman–Crippen MR) is 229 cm³/mol. The van der Waals surface area contributed by atoms with Crippen molar-refractivity contribution in [2.45, 2.75) is 238 Å². The minimum absolute atomic E-state index is 0.0526. The number of phosphoric acid groups is 1. The van der Waals surface area contributed by atoms with Crippen LogP contribution in [0.25, 0.3) is 0 Å². The number of nitrogens with two attached hydrogens (primary N) is 1. The zero-order valence-corrected chi connectivity index (χ0v) is 36.8. The van der Waals surface area contributed by atoms with Crippen LogP contribution in [-0.2, 0) is 32.7 Å². The first kappa shape index (κ1) is 53.8. The quantitative estimate of drug-likeness (QED) is 0.0267. The summed E-state index contributed by atoms with van der Waals surface area (Å²) in [6.45, 7) is 3.73. The number of ether oxygens (including phenoxy) is 2. The van der Waals surface area contributed by atoms with E-state index < -0.39 is 26.5 Å². The maximum Gasteiger partial charge on any atom is 0.472 e. The standard InChI is InChI=1S/C45H88NO8P/c1-3-5-7-9-11-13-15-16-17-18-19-20-21-22-23-24-25-26-28-30-32-34-36-38-45(48)54-43(42-53-55(49,50)52-40-39-46)41-51-44(47)37-35-33-31-29-27-14-12-10-8-6-4-2/h30,32,43H,3-29,31,33-42,46H2,1-2H3,(H,49,50)/b32-30+/t43-/m1/s1. The summed E-state index contributed by atoms with van der Waals surface area (Å²) in [4.78, 5) is 34.8. The van der Waals surface area contributed by atoms with Gasteiger partial charge in [0.15, 0.2) is 6.10 Å². The minimum Gasteiger partial charge on any atom is -0.462 e. The van der Waals surface area contributed by atoms with E-state index >= 15 is 0 Å². The molecule has 0 amide bonds. The number of unbranched alkanes of at least 4 members (excludes halogenated alkanes) is 29. The van der Waals surface area contributed by atoms with Crippen LogP contribution in [0.1, 0.15) is 232 Å².